The molecule has 0 aliphatic carbocycles. The number of rotatable bonds is 11. The van der Waals surface area contributed by atoms with Crippen molar-refractivity contribution < 1.29 is 80.2 Å². The third kappa shape index (κ3) is 6.37. The Morgan fingerprint density at radius 1 is 0.618 bits per heavy atom. The third-order valence-corrected chi connectivity index (χ3v) is 5.74. The van der Waals surface area contributed by atoms with Crippen LogP contribution in [0.1, 0.15) is 0 Å². The van der Waals surface area contributed by atoms with Gasteiger partial charge in [0.2, 0.25) is 0 Å². The zero-order valence-corrected chi connectivity index (χ0v) is 17.9. The van der Waals surface area contributed by atoms with Gasteiger partial charge in [-0.1, -0.05) is 0 Å². The van der Waals surface area contributed by atoms with Crippen LogP contribution in [0.15, 0.2) is 0 Å². The van der Waals surface area contributed by atoms with Crippen LogP contribution in [0.2, 0.25) is 0 Å². The summed E-state index contributed by atoms with van der Waals surface area (Å²) in [6.45, 7) is -3.52. The Hall–Kier alpha value is -0.640. The van der Waals surface area contributed by atoms with Gasteiger partial charge in [-0.05, 0) is 0 Å². The Balaban J connectivity index is 2.17. The molecule has 0 amide bonds. The number of hydrogen-bond acceptors (Lipinski definition) is 16. The number of hydrogen-bond donors (Lipinski definition) is 12. The van der Waals surface area contributed by atoms with Gasteiger partial charge in [0.25, 0.3) is 0 Å². The van der Waals surface area contributed by atoms with Gasteiger partial charge in [0.1, 0.15) is 73.2 Å². The molecule has 0 radical (unpaired) electrons. The minimum atomic E-state index is -1.98. The molecule has 34 heavy (non-hydrogen) atoms. The first-order chi connectivity index (χ1) is 16.0. The van der Waals surface area contributed by atoms with Gasteiger partial charge in [0.05, 0.1) is 26.4 Å². The highest BCUT2D eigenvalue weighted by atomic mass is 16.7. The maximum atomic E-state index is 10.6. The van der Waals surface area contributed by atoms with Crippen LogP contribution in [-0.2, 0) is 18.9 Å². The van der Waals surface area contributed by atoms with Crippen molar-refractivity contribution in [2.24, 2.45) is 0 Å². The Bertz CT molecular complexity index is 594. The van der Waals surface area contributed by atoms with E-state index in [0.717, 1.165) is 0 Å². The van der Waals surface area contributed by atoms with E-state index in [4.69, 9.17) is 24.1 Å². The standard InChI is InChI=1S/C18H34O16/c19-1-5(23)9(25)15(6(24)2-20)33-18-14(30)12(28)16(8(4-22)32-18)34-17-13(29)11(27)10(26)7(3-21)31-17/h5-30H,1-4H2/t5-,6+,7+,8+,9+,10+,11-,12?,13+,14+,15?,16+,17+,18+/m0/s1. The Labute approximate surface area is 193 Å². The summed E-state index contributed by atoms with van der Waals surface area (Å²) in [5, 5.41) is 118. The average molecular weight is 506 g/mol. The molecule has 202 valence electrons. The van der Waals surface area contributed by atoms with Crippen LogP contribution >= 0.6 is 0 Å². The number of aliphatic hydroxyl groups excluding tert-OH is 12. The monoisotopic (exact) mass is 506 g/mol. The van der Waals surface area contributed by atoms with Gasteiger partial charge < -0.3 is 80.2 Å². The van der Waals surface area contributed by atoms with Crippen molar-refractivity contribution in [2.45, 2.75) is 85.8 Å². The maximum absolute atomic E-state index is 10.6. The summed E-state index contributed by atoms with van der Waals surface area (Å²) in [7, 11) is 0. The lowest BCUT2D eigenvalue weighted by atomic mass is 9.96. The van der Waals surface area contributed by atoms with E-state index in [1.54, 1.807) is 0 Å². The van der Waals surface area contributed by atoms with E-state index in [-0.39, 0.29) is 0 Å². The molecule has 2 unspecified atom stereocenters. The second-order valence-corrected chi connectivity index (χ2v) is 8.10. The van der Waals surface area contributed by atoms with E-state index in [2.05, 4.69) is 0 Å². The summed E-state index contributed by atoms with van der Waals surface area (Å²) in [4.78, 5) is 0. The first-order valence-electron chi connectivity index (χ1n) is 10.5. The Morgan fingerprint density at radius 2 is 1.15 bits per heavy atom. The number of aliphatic hydroxyl groups is 12. The van der Waals surface area contributed by atoms with Crippen molar-refractivity contribution in [2.75, 3.05) is 26.4 Å². The summed E-state index contributed by atoms with van der Waals surface area (Å²) >= 11 is 0. The number of ether oxygens (including phenoxy) is 4. The van der Waals surface area contributed by atoms with Crippen LogP contribution in [0.3, 0.4) is 0 Å². The highest BCUT2D eigenvalue weighted by Gasteiger charge is 2.51. The SMILES string of the molecule is OC[C@@H](O)C(O[C@H]1O[C@H](CO)[C@@H](O[C@H]2O[C@H](CO)[C@@H](O)[C@H](O)[C@H]2O)C(O)[C@H]1O)[C@H](O)[C@@H](O)CO. The van der Waals surface area contributed by atoms with Crippen molar-refractivity contribution in [1.82, 2.24) is 0 Å². The van der Waals surface area contributed by atoms with Crippen LogP contribution in [-0.4, -0.2) is 174 Å². The predicted molar refractivity (Wildman–Crippen MR) is 103 cm³/mol. The molecule has 16 nitrogen and oxygen atoms in total. The summed E-state index contributed by atoms with van der Waals surface area (Å²) in [6, 6.07) is 0. The Kier molecular flexibility index (Phi) is 11.4. The molecule has 0 aromatic carbocycles. The summed E-state index contributed by atoms with van der Waals surface area (Å²) in [5.74, 6) is 0. The van der Waals surface area contributed by atoms with Gasteiger partial charge in [0.15, 0.2) is 12.6 Å². The van der Waals surface area contributed by atoms with E-state index >= 15 is 0 Å². The molecule has 12 N–H and O–H groups in total. The fourth-order valence-corrected chi connectivity index (χ4v) is 3.65. The van der Waals surface area contributed by atoms with Crippen molar-refractivity contribution in [3.63, 3.8) is 0 Å². The molecule has 2 aliphatic rings. The lowest BCUT2D eigenvalue weighted by molar-refractivity contribution is -0.367. The fourth-order valence-electron chi connectivity index (χ4n) is 3.65. The molecule has 2 aliphatic heterocycles. The van der Waals surface area contributed by atoms with Crippen LogP contribution < -0.4 is 0 Å². The van der Waals surface area contributed by atoms with E-state index in [1.807, 2.05) is 0 Å². The van der Waals surface area contributed by atoms with E-state index < -0.39 is 112 Å². The second kappa shape index (κ2) is 13.1. The molecule has 16 heteroatoms. The first kappa shape index (κ1) is 29.6. The Morgan fingerprint density at radius 3 is 1.68 bits per heavy atom. The lowest BCUT2D eigenvalue weighted by Gasteiger charge is -2.46. The van der Waals surface area contributed by atoms with Crippen molar-refractivity contribution in [3.8, 4) is 0 Å². The molecule has 0 spiro atoms. The third-order valence-electron chi connectivity index (χ3n) is 5.74. The zero-order valence-electron chi connectivity index (χ0n) is 17.9. The van der Waals surface area contributed by atoms with Gasteiger partial charge in [-0.15, -0.1) is 0 Å². The topological polar surface area (TPSA) is 280 Å². The molecule has 2 heterocycles. The van der Waals surface area contributed by atoms with Gasteiger partial charge in [-0.25, -0.2) is 0 Å². The maximum Gasteiger partial charge on any atom is 0.187 e. The molecule has 2 fully saturated rings. The van der Waals surface area contributed by atoms with E-state index in [0.29, 0.717) is 0 Å². The minimum Gasteiger partial charge on any atom is -0.394 e. The molecule has 0 aromatic heterocycles. The van der Waals surface area contributed by atoms with Crippen molar-refractivity contribution in [1.29, 1.82) is 0 Å². The van der Waals surface area contributed by atoms with Crippen LogP contribution in [0, 0.1) is 0 Å². The smallest absolute Gasteiger partial charge is 0.187 e. The molecule has 2 rings (SSSR count). The highest BCUT2D eigenvalue weighted by Crippen LogP contribution is 2.30. The van der Waals surface area contributed by atoms with Crippen LogP contribution in [0.5, 0.6) is 0 Å². The van der Waals surface area contributed by atoms with Gasteiger partial charge in [-0.2, -0.15) is 0 Å². The normalized spacial score (nSPS) is 42.7. The average Bonchev–Trinajstić information content (AvgIpc) is 2.84. The first-order valence-corrected chi connectivity index (χ1v) is 10.5. The highest BCUT2D eigenvalue weighted by molar-refractivity contribution is 4.95. The van der Waals surface area contributed by atoms with Crippen LogP contribution in [0.4, 0.5) is 0 Å². The molecule has 14 atom stereocenters. The zero-order chi connectivity index (χ0) is 25.7. The van der Waals surface area contributed by atoms with E-state index in [1.165, 1.54) is 0 Å². The van der Waals surface area contributed by atoms with E-state index in [9.17, 15) is 56.2 Å². The molecule has 2 saturated heterocycles. The van der Waals surface area contributed by atoms with Crippen LogP contribution in [0.25, 0.3) is 0 Å². The predicted octanol–water partition coefficient (Wildman–Crippen LogP) is -7.94. The molecule has 0 saturated carbocycles. The molecular weight excluding hydrogens is 472 g/mol. The summed E-state index contributed by atoms with van der Waals surface area (Å²) < 4.78 is 21.2. The van der Waals surface area contributed by atoms with Gasteiger partial charge in [-0.3, -0.25) is 0 Å². The second-order valence-electron chi connectivity index (χ2n) is 8.10. The van der Waals surface area contributed by atoms with Gasteiger partial charge >= 0.3 is 0 Å². The van der Waals surface area contributed by atoms with Gasteiger partial charge in [0, 0.05) is 0 Å². The van der Waals surface area contributed by atoms with Crippen molar-refractivity contribution in [3.05, 3.63) is 0 Å². The lowest BCUT2D eigenvalue weighted by Crippen LogP contribution is -2.65. The quantitative estimate of drug-likeness (QED) is 0.124. The fraction of sp³-hybridized carbons (Fsp3) is 1.00. The summed E-state index contributed by atoms with van der Waals surface area (Å²) in [5.41, 5.74) is 0. The van der Waals surface area contributed by atoms with Crippen molar-refractivity contribution >= 4 is 0 Å². The largest absolute Gasteiger partial charge is 0.394 e. The molecule has 0 aromatic rings. The molecule has 0 bridgehead atoms. The minimum absolute atomic E-state index is 0.757. The summed E-state index contributed by atoms with van der Waals surface area (Å²) in [6.07, 6.45) is -24.7. The molecular formula is C18H34O16.